The maximum absolute atomic E-state index is 11.4. The molecule has 7 heteroatoms. The average molecular weight is 508 g/mol. The number of aromatic carboxylic acids is 1. The summed E-state index contributed by atoms with van der Waals surface area (Å²) >= 11 is 1.45. The summed E-state index contributed by atoms with van der Waals surface area (Å²) in [6.45, 7) is 0. The Hall–Kier alpha value is -4.20. The minimum Gasteiger partial charge on any atom is -0.478 e. The molecule has 0 bridgehead atoms. The summed E-state index contributed by atoms with van der Waals surface area (Å²) in [5.41, 5.74) is 8.09. The summed E-state index contributed by atoms with van der Waals surface area (Å²) in [4.78, 5) is 16.1. The third kappa shape index (κ3) is 4.67. The van der Waals surface area contributed by atoms with Crippen LogP contribution in [0.2, 0.25) is 0 Å². The van der Waals surface area contributed by atoms with E-state index in [4.69, 9.17) is 0 Å². The van der Waals surface area contributed by atoms with Crippen LogP contribution in [0, 0.1) is 0 Å². The van der Waals surface area contributed by atoms with Gasteiger partial charge in [-0.1, -0.05) is 67.1 Å². The standard InChI is InChI=1S/C30H25N3O3S/c34-30(35)25-14-15-27(26(17-25)21-6-3-7-21)32-33(36)28-18-37-29(31-28)22-11-8-20(9-12-22)24-13-10-19-4-1-2-5-23(19)16-24/h1-2,4-5,8-18,21,32,36H,3,6-7H2,(H,34,35). The number of hydrogen-bond donors (Lipinski definition) is 3. The van der Waals surface area contributed by atoms with E-state index in [0.717, 1.165) is 51.7 Å². The van der Waals surface area contributed by atoms with E-state index in [1.807, 2.05) is 24.3 Å². The second-order valence-electron chi connectivity index (χ2n) is 9.31. The lowest BCUT2D eigenvalue weighted by molar-refractivity contribution is 0.0696. The van der Waals surface area contributed by atoms with Gasteiger partial charge in [-0.15, -0.1) is 16.5 Å². The van der Waals surface area contributed by atoms with Crippen molar-refractivity contribution in [3.63, 3.8) is 0 Å². The van der Waals surface area contributed by atoms with Crippen molar-refractivity contribution >= 4 is 39.6 Å². The van der Waals surface area contributed by atoms with Crippen LogP contribution in [0.3, 0.4) is 0 Å². The van der Waals surface area contributed by atoms with E-state index in [-0.39, 0.29) is 5.56 Å². The van der Waals surface area contributed by atoms with Crippen LogP contribution in [-0.2, 0) is 0 Å². The molecule has 4 aromatic carbocycles. The number of carboxylic acids is 1. The molecule has 0 amide bonds. The summed E-state index contributed by atoms with van der Waals surface area (Å²) in [5, 5.41) is 26.0. The van der Waals surface area contributed by atoms with E-state index >= 15 is 0 Å². The highest BCUT2D eigenvalue weighted by atomic mass is 32.1. The zero-order chi connectivity index (χ0) is 25.4. The predicted octanol–water partition coefficient (Wildman–Crippen LogP) is 7.82. The van der Waals surface area contributed by atoms with Gasteiger partial charge >= 0.3 is 5.97 Å². The molecule has 6 rings (SSSR count). The fraction of sp³-hybridized carbons (Fsp3) is 0.133. The summed E-state index contributed by atoms with van der Waals surface area (Å²) in [6.07, 6.45) is 3.15. The number of hydrazine groups is 1. The molecule has 6 nitrogen and oxygen atoms in total. The van der Waals surface area contributed by atoms with Crippen molar-refractivity contribution in [2.45, 2.75) is 25.2 Å². The van der Waals surface area contributed by atoms with Crippen molar-refractivity contribution in [1.29, 1.82) is 0 Å². The quantitative estimate of drug-likeness (QED) is 0.195. The molecular weight excluding hydrogens is 482 g/mol. The zero-order valence-corrected chi connectivity index (χ0v) is 20.8. The molecule has 0 radical (unpaired) electrons. The molecule has 0 aliphatic heterocycles. The van der Waals surface area contributed by atoms with Gasteiger partial charge in [0.1, 0.15) is 5.01 Å². The normalized spacial score (nSPS) is 13.3. The van der Waals surface area contributed by atoms with Crippen molar-refractivity contribution < 1.29 is 15.1 Å². The first-order chi connectivity index (χ1) is 18.0. The van der Waals surface area contributed by atoms with Crippen LogP contribution >= 0.6 is 11.3 Å². The van der Waals surface area contributed by atoms with E-state index in [1.165, 1.54) is 22.1 Å². The molecule has 1 saturated carbocycles. The smallest absolute Gasteiger partial charge is 0.335 e. The number of benzene rings is 4. The molecule has 1 fully saturated rings. The largest absolute Gasteiger partial charge is 0.478 e. The lowest BCUT2D eigenvalue weighted by Gasteiger charge is -2.29. The Morgan fingerprint density at radius 1 is 0.892 bits per heavy atom. The monoisotopic (exact) mass is 507 g/mol. The summed E-state index contributed by atoms with van der Waals surface area (Å²) in [6, 6.07) is 28.0. The van der Waals surface area contributed by atoms with Gasteiger partial charge in [-0.25, -0.2) is 9.78 Å². The summed E-state index contributed by atoms with van der Waals surface area (Å²) in [5.74, 6) is -0.286. The fourth-order valence-corrected chi connectivity index (χ4v) is 5.48. The van der Waals surface area contributed by atoms with E-state index in [0.29, 0.717) is 17.4 Å². The summed E-state index contributed by atoms with van der Waals surface area (Å²) < 4.78 is 0. The number of thiazole rings is 1. The second-order valence-corrected chi connectivity index (χ2v) is 10.2. The first-order valence-electron chi connectivity index (χ1n) is 12.2. The van der Waals surface area contributed by atoms with Crippen LogP contribution in [0.15, 0.2) is 90.3 Å². The van der Waals surface area contributed by atoms with Crippen molar-refractivity contribution in [3.8, 4) is 21.7 Å². The topological polar surface area (TPSA) is 85.7 Å². The number of rotatable bonds is 7. The zero-order valence-electron chi connectivity index (χ0n) is 20.0. The van der Waals surface area contributed by atoms with E-state index < -0.39 is 5.97 Å². The molecule has 37 heavy (non-hydrogen) atoms. The highest BCUT2D eigenvalue weighted by molar-refractivity contribution is 7.13. The molecule has 0 unspecified atom stereocenters. The number of hydrogen-bond acceptors (Lipinski definition) is 6. The molecule has 1 aliphatic carbocycles. The molecule has 184 valence electrons. The van der Waals surface area contributed by atoms with Gasteiger partial charge in [0.15, 0.2) is 5.82 Å². The van der Waals surface area contributed by atoms with Gasteiger partial charge in [0.25, 0.3) is 0 Å². The Balaban J connectivity index is 1.20. The Bertz CT molecular complexity index is 1590. The number of carboxylic acid groups (broad SMARTS) is 1. The lowest BCUT2D eigenvalue weighted by atomic mass is 9.79. The van der Waals surface area contributed by atoms with Crippen LogP contribution in [-0.4, -0.2) is 21.3 Å². The van der Waals surface area contributed by atoms with Crippen LogP contribution in [0.5, 0.6) is 0 Å². The van der Waals surface area contributed by atoms with Gasteiger partial charge < -0.3 is 5.11 Å². The molecule has 1 aromatic heterocycles. The van der Waals surface area contributed by atoms with Crippen LogP contribution in [0.25, 0.3) is 32.5 Å². The Morgan fingerprint density at radius 3 is 2.35 bits per heavy atom. The Kier molecular flexibility index (Phi) is 6.08. The SMILES string of the molecule is O=C(O)c1ccc(NN(O)c2csc(-c3ccc(-c4ccc5ccccc5c4)cc3)n2)c(C2CCC2)c1. The number of aromatic nitrogens is 1. The van der Waals surface area contributed by atoms with Gasteiger partial charge in [-0.2, -0.15) is 0 Å². The van der Waals surface area contributed by atoms with Crippen LogP contribution in [0.1, 0.15) is 41.1 Å². The van der Waals surface area contributed by atoms with E-state index in [2.05, 4.69) is 52.9 Å². The Labute approximate surface area is 218 Å². The van der Waals surface area contributed by atoms with Crippen LogP contribution in [0.4, 0.5) is 11.5 Å². The molecule has 1 aliphatic rings. The number of fused-ring (bicyclic) bond motifs is 1. The molecule has 1 heterocycles. The lowest BCUT2D eigenvalue weighted by Crippen LogP contribution is -2.27. The fourth-order valence-electron chi connectivity index (χ4n) is 4.70. The molecular formula is C30H25N3O3S. The summed E-state index contributed by atoms with van der Waals surface area (Å²) in [7, 11) is 0. The number of anilines is 2. The first kappa shape index (κ1) is 23.2. The van der Waals surface area contributed by atoms with Crippen molar-refractivity contribution in [2.24, 2.45) is 0 Å². The molecule has 5 aromatic rings. The third-order valence-corrected chi connectivity index (χ3v) is 7.87. The van der Waals surface area contributed by atoms with Crippen LogP contribution < -0.4 is 10.6 Å². The minimum absolute atomic E-state index is 0.250. The number of carbonyl (C=O) groups is 1. The molecule has 0 spiro atoms. The highest BCUT2D eigenvalue weighted by Gasteiger charge is 2.24. The molecule has 0 saturated heterocycles. The van der Waals surface area contributed by atoms with Gasteiger partial charge in [0, 0.05) is 10.9 Å². The van der Waals surface area contributed by atoms with E-state index in [9.17, 15) is 15.1 Å². The molecule has 0 atom stereocenters. The third-order valence-electron chi connectivity index (χ3n) is 6.99. The second kappa shape index (κ2) is 9.69. The predicted molar refractivity (Wildman–Crippen MR) is 148 cm³/mol. The van der Waals surface area contributed by atoms with Crippen molar-refractivity contribution in [1.82, 2.24) is 4.98 Å². The van der Waals surface area contributed by atoms with Gasteiger partial charge in [0.05, 0.1) is 11.3 Å². The van der Waals surface area contributed by atoms with Crippen molar-refractivity contribution in [3.05, 3.63) is 101 Å². The molecule has 3 N–H and O–H groups in total. The highest BCUT2D eigenvalue weighted by Crippen LogP contribution is 2.41. The van der Waals surface area contributed by atoms with Gasteiger partial charge in [-0.3, -0.25) is 10.6 Å². The van der Waals surface area contributed by atoms with Gasteiger partial charge in [0.2, 0.25) is 0 Å². The number of nitrogens with one attached hydrogen (secondary N) is 1. The Morgan fingerprint density at radius 2 is 1.62 bits per heavy atom. The maximum atomic E-state index is 11.4. The van der Waals surface area contributed by atoms with Crippen molar-refractivity contribution in [2.75, 3.05) is 10.6 Å². The van der Waals surface area contributed by atoms with E-state index in [1.54, 1.807) is 23.6 Å². The minimum atomic E-state index is -0.955. The maximum Gasteiger partial charge on any atom is 0.335 e. The van der Waals surface area contributed by atoms with Gasteiger partial charge in [-0.05, 0) is 70.5 Å². The number of nitrogens with zero attached hydrogens (tertiary/aromatic N) is 2. The average Bonchev–Trinajstić information content (AvgIpc) is 3.39. The first-order valence-corrected chi connectivity index (χ1v) is 13.1.